The molecule has 3 aromatic carbocycles. The second kappa shape index (κ2) is 10.8. The molecule has 1 aliphatic rings. The number of carbonyl (C=O) groups excluding carboxylic acids is 1. The van der Waals surface area contributed by atoms with Crippen molar-refractivity contribution < 1.29 is 9.53 Å². The molecule has 1 aliphatic heterocycles. The molecule has 164 valence electrons. The molecule has 1 heterocycles. The highest BCUT2D eigenvalue weighted by atomic mass is 35.5. The van der Waals surface area contributed by atoms with Gasteiger partial charge in [0, 0.05) is 17.7 Å². The van der Waals surface area contributed by atoms with Crippen LogP contribution in [0.2, 0.25) is 10.0 Å². The first kappa shape index (κ1) is 22.6. The molecule has 0 N–H and O–H groups in total. The van der Waals surface area contributed by atoms with Gasteiger partial charge in [-0.25, -0.2) is 0 Å². The Balaban J connectivity index is 1.52. The van der Waals surface area contributed by atoms with Gasteiger partial charge in [0.2, 0.25) is 0 Å². The van der Waals surface area contributed by atoms with Gasteiger partial charge in [0.25, 0.3) is 0 Å². The van der Waals surface area contributed by atoms with Crippen molar-refractivity contribution >= 4 is 40.6 Å². The topological polar surface area (TPSA) is 29.5 Å². The number of allylic oxidation sites excluding steroid dienone is 1. The number of rotatable bonds is 8. The maximum Gasteiger partial charge on any atom is 0.193 e. The fourth-order valence-corrected chi connectivity index (χ4v) is 4.13. The predicted octanol–water partition coefficient (Wildman–Crippen LogP) is 6.89. The molecule has 0 atom stereocenters. The van der Waals surface area contributed by atoms with Gasteiger partial charge in [-0.05, 0) is 79.5 Å². The van der Waals surface area contributed by atoms with Crippen LogP contribution in [0.1, 0.15) is 34.3 Å². The standard InChI is InChI=1S/C27H25Cl2NO2/c28-25-13-8-20(19-26(25)29)18-24(21-6-2-1-3-7-21)27(31)22-9-11-23(12-10-22)32-17-16-30-14-4-5-15-30/h1-3,6-13,18-19H,4-5,14-17H2/b24-18+. The van der Waals surface area contributed by atoms with Crippen LogP contribution in [0, 0.1) is 0 Å². The van der Waals surface area contributed by atoms with Crippen molar-refractivity contribution in [1.82, 2.24) is 4.90 Å². The van der Waals surface area contributed by atoms with Crippen LogP contribution in [0.25, 0.3) is 11.6 Å². The van der Waals surface area contributed by atoms with Crippen LogP contribution in [0.15, 0.2) is 72.8 Å². The van der Waals surface area contributed by atoms with E-state index in [-0.39, 0.29) is 5.78 Å². The number of carbonyl (C=O) groups is 1. The largest absolute Gasteiger partial charge is 0.492 e. The number of ether oxygens (including phenoxy) is 1. The van der Waals surface area contributed by atoms with Crippen molar-refractivity contribution in [2.75, 3.05) is 26.2 Å². The Hall–Kier alpha value is -2.59. The van der Waals surface area contributed by atoms with E-state index in [9.17, 15) is 4.79 Å². The van der Waals surface area contributed by atoms with Crippen molar-refractivity contribution in [2.45, 2.75) is 12.8 Å². The molecular weight excluding hydrogens is 441 g/mol. The maximum absolute atomic E-state index is 13.4. The smallest absolute Gasteiger partial charge is 0.193 e. The van der Waals surface area contributed by atoms with Crippen LogP contribution in [-0.2, 0) is 0 Å². The Morgan fingerprint density at radius 3 is 2.28 bits per heavy atom. The summed E-state index contributed by atoms with van der Waals surface area (Å²) >= 11 is 12.2. The Bertz CT molecular complexity index is 1090. The van der Waals surface area contributed by atoms with Gasteiger partial charge in [0.1, 0.15) is 12.4 Å². The predicted molar refractivity (Wildman–Crippen MR) is 133 cm³/mol. The van der Waals surface area contributed by atoms with Gasteiger partial charge in [-0.15, -0.1) is 0 Å². The summed E-state index contributed by atoms with van der Waals surface area (Å²) in [6.45, 7) is 3.90. The number of likely N-dealkylation sites (tertiary alicyclic amines) is 1. The summed E-state index contributed by atoms with van der Waals surface area (Å²) in [5, 5.41) is 0.937. The first-order valence-electron chi connectivity index (χ1n) is 10.8. The molecule has 0 bridgehead atoms. The van der Waals surface area contributed by atoms with Crippen molar-refractivity contribution in [1.29, 1.82) is 0 Å². The van der Waals surface area contributed by atoms with E-state index in [0.29, 0.717) is 27.8 Å². The summed E-state index contributed by atoms with van der Waals surface area (Å²) in [4.78, 5) is 15.8. The summed E-state index contributed by atoms with van der Waals surface area (Å²) in [5.41, 5.74) is 2.85. The van der Waals surface area contributed by atoms with Crippen LogP contribution >= 0.6 is 23.2 Å². The van der Waals surface area contributed by atoms with Gasteiger partial charge in [-0.1, -0.05) is 59.6 Å². The second-order valence-corrected chi connectivity index (χ2v) is 8.66. The minimum atomic E-state index is -0.0640. The summed E-state index contributed by atoms with van der Waals surface area (Å²) in [5.74, 6) is 0.710. The van der Waals surface area contributed by atoms with Gasteiger partial charge in [-0.3, -0.25) is 9.69 Å². The van der Waals surface area contributed by atoms with E-state index in [1.807, 2.05) is 66.7 Å². The molecule has 1 saturated heterocycles. The van der Waals surface area contributed by atoms with Crippen LogP contribution in [0.5, 0.6) is 5.75 Å². The van der Waals surface area contributed by atoms with Gasteiger partial charge in [-0.2, -0.15) is 0 Å². The fraction of sp³-hybridized carbons (Fsp3) is 0.222. The monoisotopic (exact) mass is 465 g/mol. The highest BCUT2D eigenvalue weighted by molar-refractivity contribution is 6.42. The van der Waals surface area contributed by atoms with E-state index >= 15 is 0 Å². The molecule has 3 nitrogen and oxygen atoms in total. The van der Waals surface area contributed by atoms with Gasteiger partial charge >= 0.3 is 0 Å². The Morgan fingerprint density at radius 1 is 0.875 bits per heavy atom. The van der Waals surface area contributed by atoms with Crippen LogP contribution < -0.4 is 4.74 Å². The number of benzene rings is 3. The zero-order chi connectivity index (χ0) is 22.3. The normalized spacial score (nSPS) is 14.5. The minimum absolute atomic E-state index is 0.0640. The van der Waals surface area contributed by atoms with E-state index < -0.39 is 0 Å². The number of hydrogen-bond donors (Lipinski definition) is 0. The van der Waals surface area contributed by atoms with Gasteiger partial charge < -0.3 is 4.74 Å². The lowest BCUT2D eigenvalue weighted by Crippen LogP contribution is -2.25. The number of halogens is 2. The molecule has 0 spiro atoms. The third-order valence-electron chi connectivity index (χ3n) is 5.58. The summed E-state index contributed by atoms with van der Waals surface area (Å²) in [7, 11) is 0. The fourth-order valence-electron chi connectivity index (χ4n) is 3.82. The van der Waals surface area contributed by atoms with Crippen LogP contribution in [0.3, 0.4) is 0 Å². The van der Waals surface area contributed by atoms with Crippen LogP contribution in [-0.4, -0.2) is 36.9 Å². The SMILES string of the molecule is O=C(/C(=C/c1ccc(Cl)c(Cl)c1)c1ccccc1)c1ccc(OCCN2CCCC2)cc1. The molecule has 0 radical (unpaired) electrons. The third kappa shape index (κ3) is 5.80. The molecule has 3 aromatic rings. The number of Topliss-reactive ketones (excluding diaryl/α,β-unsaturated/α-hetero) is 1. The molecule has 0 aliphatic carbocycles. The van der Waals surface area contributed by atoms with Crippen molar-refractivity contribution in [2.24, 2.45) is 0 Å². The maximum atomic E-state index is 13.4. The molecule has 0 saturated carbocycles. The summed E-state index contributed by atoms with van der Waals surface area (Å²) < 4.78 is 5.87. The Labute approximate surface area is 199 Å². The average molecular weight is 466 g/mol. The third-order valence-corrected chi connectivity index (χ3v) is 6.31. The van der Waals surface area contributed by atoms with Gasteiger partial charge in [0.15, 0.2) is 5.78 Å². The molecular formula is C27H25Cl2NO2. The molecule has 1 fully saturated rings. The molecule has 0 aromatic heterocycles. The van der Waals surface area contributed by atoms with Crippen molar-refractivity contribution in [3.05, 3.63) is 99.5 Å². The molecule has 0 unspecified atom stereocenters. The lowest BCUT2D eigenvalue weighted by molar-refractivity contribution is 0.105. The molecule has 32 heavy (non-hydrogen) atoms. The van der Waals surface area contributed by atoms with E-state index in [1.165, 1.54) is 12.8 Å². The van der Waals surface area contributed by atoms with E-state index in [4.69, 9.17) is 27.9 Å². The van der Waals surface area contributed by atoms with E-state index in [2.05, 4.69) is 4.90 Å². The van der Waals surface area contributed by atoms with Crippen LogP contribution in [0.4, 0.5) is 0 Å². The average Bonchev–Trinajstić information content (AvgIpc) is 3.34. The van der Waals surface area contributed by atoms with Crippen molar-refractivity contribution in [3.8, 4) is 5.75 Å². The minimum Gasteiger partial charge on any atom is -0.492 e. The zero-order valence-corrected chi connectivity index (χ0v) is 19.3. The Kier molecular flexibility index (Phi) is 7.64. The lowest BCUT2D eigenvalue weighted by atomic mass is 9.94. The highest BCUT2D eigenvalue weighted by Crippen LogP contribution is 2.28. The lowest BCUT2D eigenvalue weighted by Gasteiger charge is -2.15. The Morgan fingerprint density at radius 2 is 1.59 bits per heavy atom. The highest BCUT2D eigenvalue weighted by Gasteiger charge is 2.15. The molecule has 4 rings (SSSR count). The van der Waals surface area contributed by atoms with E-state index in [1.54, 1.807) is 12.1 Å². The first-order chi connectivity index (χ1) is 15.6. The molecule has 5 heteroatoms. The van der Waals surface area contributed by atoms with Gasteiger partial charge in [0.05, 0.1) is 10.0 Å². The van der Waals surface area contributed by atoms with Crippen molar-refractivity contribution in [3.63, 3.8) is 0 Å². The zero-order valence-electron chi connectivity index (χ0n) is 17.8. The first-order valence-corrected chi connectivity index (χ1v) is 11.6. The number of hydrogen-bond acceptors (Lipinski definition) is 3. The van der Waals surface area contributed by atoms with E-state index in [0.717, 1.165) is 36.5 Å². The summed E-state index contributed by atoms with van der Waals surface area (Å²) in [6, 6.07) is 22.3. The number of nitrogens with zero attached hydrogens (tertiary/aromatic N) is 1. The summed E-state index contributed by atoms with van der Waals surface area (Å²) in [6.07, 6.45) is 4.40. The molecule has 0 amide bonds. The quantitative estimate of drug-likeness (QED) is 0.206. The second-order valence-electron chi connectivity index (χ2n) is 7.85. The number of ketones is 1.